The van der Waals surface area contributed by atoms with Gasteiger partial charge in [-0.05, 0) is 0 Å². The summed E-state index contributed by atoms with van der Waals surface area (Å²) in [4.78, 5) is 16.7. The first-order chi connectivity index (χ1) is 5.31. The minimum atomic E-state index is -4.71. The second kappa shape index (κ2) is 4.29. The molecular weight excluding hydrogens is 184 g/mol. The number of halogens is 3. The van der Waals surface area contributed by atoms with Gasteiger partial charge in [0, 0.05) is 0 Å². The minimum Gasteiger partial charge on any atom is -0.400 e. The third-order valence-electron chi connectivity index (χ3n) is 0.572. The summed E-state index contributed by atoms with van der Waals surface area (Å²) in [6.07, 6.45) is -6.55. The fraction of sp³-hybridized carbons (Fsp3) is 0.667. The van der Waals surface area contributed by atoms with Crippen molar-refractivity contribution in [2.45, 2.75) is 12.6 Å². The van der Waals surface area contributed by atoms with E-state index in [0.717, 1.165) is 0 Å². The topological polar surface area (TPSA) is 76.0 Å². The fourth-order valence-electron chi connectivity index (χ4n) is 0.290. The van der Waals surface area contributed by atoms with Crippen molar-refractivity contribution in [1.29, 1.82) is 0 Å². The molecule has 0 spiro atoms. The summed E-state index contributed by atoms with van der Waals surface area (Å²) in [6, 6.07) is 0. The highest BCUT2D eigenvalue weighted by atomic mass is 19.4. The summed E-state index contributed by atoms with van der Waals surface area (Å²) in [7, 11) is -2.44. The molecule has 9 heteroatoms. The molecular formula is C3H4BF3O5. The van der Waals surface area contributed by atoms with Crippen molar-refractivity contribution in [2.75, 3.05) is 0 Å². The van der Waals surface area contributed by atoms with Gasteiger partial charge in [-0.1, -0.05) is 0 Å². The van der Waals surface area contributed by atoms with Crippen LogP contribution in [-0.4, -0.2) is 29.5 Å². The molecule has 0 aliphatic rings. The molecule has 0 atom stereocenters. The lowest BCUT2D eigenvalue weighted by Crippen LogP contribution is -2.23. The van der Waals surface area contributed by atoms with Crippen LogP contribution in [0.3, 0.4) is 0 Å². The Morgan fingerprint density at radius 1 is 1.42 bits per heavy atom. The highest BCUT2D eigenvalue weighted by Gasteiger charge is 2.33. The van der Waals surface area contributed by atoms with Gasteiger partial charge in [0.1, 0.15) is 6.42 Å². The van der Waals surface area contributed by atoms with E-state index in [4.69, 9.17) is 10.0 Å². The van der Waals surface area contributed by atoms with Gasteiger partial charge in [-0.3, -0.25) is 0 Å². The van der Waals surface area contributed by atoms with E-state index in [-0.39, 0.29) is 0 Å². The Hall–Kier alpha value is -0.795. The molecule has 0 aliphatic heterocycles. The van der Waals surface area contributed by atoms with E-state index < -0.39 is 25.9 Å². The Morgan fingerprint density at radius 3 is 2.25 bits per heavy atom. The van der Waals surface area contributed by atoms with E-state index in [1.165, 1.54) is 0 Å². The van der Waals surface area contributed by atoms with Gasteiger partial charge in [0.25, 0.3) is 0 Å². The predicted molar refractivity (Wildman–Crippen MR) is 28.0 cm³/mol. The van der Waals surface area contributed by atoms with Crippen LogP contribution in [-0.2, 0) is 14.5 Å². The number of hydrogen-bond acceptors (Lipinski definition) is 5. The van der Waals surface area contributed by atoms with Crippen molar-refractivity contribution in [1.82, 2.24) is 0 Å². The third-order valence-corrected chi connectivity index (χ3v) is 0.572. The third kappa shape index (κ3) is 7.31. The SMILES string of the molecule is O=C(CC(F)(F)F)OOB(O)O. The number of carbonyl (C=O) groups is 1. The van der Waals surface area contributed by atoms with Crippen LogP contribution in [0.25, 0.3) is 0 Å². The minimum absolute atomic E-state index is 1.75. The van der Waals surface area contributed by atoms with Crippen molar-refractivity contribution in [3.63, 3.8) is 0 Å². The maximum absolute atomic E-state index is 11.3. The number of carbonyl (C=O) groups excluding carboxylic acids is 1. The molecule has 0 radical (unpaired) electrons. The maximum atomic E-state index is 11.3. The summed E-state index contributed by atoms with van der Waals surface area (Å²) in [5.41, 5.74) is 0. The number of alkyl halides is 3. The van der Waals surface area contributed by atoms with Gasteiger partial charge in [-0.25, -0.2) is 4.79 Å². The molecule has 0 aromatic carbocycles. The van der Waals surface area contributed by atoms with Crippen molar-refractivity contribution >= 4 is 13.3 Å². The van der Waals surface area contributed by atoms with Crippen molar-refractivity contribution in [3.8, 4) is 0 Å². The average molecular weight is 188 g/mol. The molecule has 0 saturated heterocycles. The lowest BCUT2D eigenvalue weighted by atomic mass is 10.3. The number of rotatable bonds is 3. The highest BCUT2D eigenvalue weighted by Crippen LogP contribution is 2.19. The Morgan fingerprint density at radius 2 is 1.92 bits per heavy atom. The van der Waals surface area contributed by atoms with Crippen LogP contribution in [0.2, 0.25) is 0 Å². The molecule has 5 nitrogen and oxygen atoms in total. The van der Waals surface area contributed by atoms with E-state index in [1.807, 2.05) is 0 Å². The molecule has 0 rings (SSSR count). The van der Waals surface area contributed by atoms with Gasteiger partial charge in [0.2, 0.25) is 0 Å². The molecule has 0 bridgehead atoms. The summed E-state index contributed by atoms with van der Waals surface area (Å²) in [6.45, 7) is 0. The predicted octanol–water partition coefficient (Wildman–Crippen LogP) is -0.617. The van der Waals surface area contributed by atoms with E-state index in [2.05, 4.69) is 9.69 Å². The zero-order chi connectivity index (χ0) is 9.78. The molecule has 0 unspecified atom stereocenters. The van der Waals surface area contributed by atoms with Crippen molar-refractivity contribution in [2.24, 2.45) is 0 Å². The molecule has 0 amide bonds. The highest BCUT2D eigenvalue weighted by molar-refractivity contribution is 6.32. The quantitative estimate of drug-likeness (QED) is 0.350. The van der Waals surface area contributed by atoms with Gasteiger partial charge in [-0.2, -0.15) is 18.0 Å². The molecule has 0 heterocycles. The Kier molecular flexibility index (Phi) is 4.00. The van der Waals surface area contributed by atoms with Crippen LogP contribution in [0.1, 0.15) is 6.42 Å². The summed E-state index contributed by atoms with van der Waals surface area (Å²) in [5.74, 6) is -1.75. The van der Waals surface area contributed by atoms with Gasteiger partial charge in [-0.15, -0.1) is 0 Å². The zero-order valence-electron chi connectivity index (χ0n) is 5.54. The first kappa shape index (κ1) is 11.2. The summed E-state index contributed by atoms with van der Waals surface area (Å²) < 4.78 is 34.0. The van der Waals surface area contributed by atoms with Crippen LogP contribution in [0.4, 0.5) is 13.2 Å². The van der Waals surface area contributed by atoms with Crippen LogP contribution in [0.15, 0.2) is 0 Å². The Balaban J connectivity index is 3.61. The molecule has 0 saturated carbocycles. The van der Waals surface area contributed by atoms with E-state index >= 15 is 0 Å². The summed E-state index contributed by atoms with van der Waals surface area (Å²) >= 11 is 0. The fourth-order valence-corrected chi connectivity index (χ4v) is 0.290. The monoisotopic (exact) mass is 188 g/mol. The lowest BCUT2D eigenvalue weighted by molar-refractivity contribution is -0.241. The first-order valence-electron chi connectivity index (χ1n) is 2.60. The Labute approximate surface area is 64.8 Å². The molecule has 12 heavy (non-hydrogen) atoms. The smallest absolute Gasteiger partial charge is 0.400 e. The first-order valence-corrected chi connectivity index (χ1v) is 2.60. The van der Waals surface area contributed by atoms with Gasteiger partial charge < -0.3 is 14.9 Å². The maximum Gasteiger partial charge on any atom is 0.673 e. The second-order valence-electron chi connectivity index (χ2n) is 1.67. The molecule has 2 N–H and O–H groups in total. The van der Waals surface area contributed by atoms with Gasteiger partial charge >= 0.3 is 19.5 Å². The largest absolute Gasteiger partial charge is 0.673 e. The molecule has 0 fully saturated rings. The second-order valence-corrected chi connectivity index (χ2v) is 1.67. The molecule has 0 aromatic rings. The molecule has 0 aliphatic carbocycles. The normalized spacial score (nSPS) is 11.1. The molecule has 0 aromatic heterocycles. The van der Waals surface area contributed by atoms with E-state index in [0.29, 0.717) is 0 Å². The molecule has 70 valence electrons. The average Bonchev–Trinajstić information content (AvgIpc) is 1.79. The van der Waals surface area contributed by atoms with E-state index in [1.54, 1.807) is 0 Å². The zero-order valence-corrected chi connectivity index (χ0v) is 5.54. The van der Waals surface area contributed by atoms with Crippen molar-refractivity contribution in [3.05, 3.63) is 0 Å². The van der Waals surface area contributed by atoms with Crippen LogP contribution in [0.5, 0.6) is 0 Å². The van der Waals surface area contributed by atoms with Crippen LogP contribution < -0.4 is 0 Å². The Bertz CT molecular complexity index is 157. The van der Waals surface area contributed by atoms with Gasteiger partial charge in [0.15, 0.2) is 0 Å². The van der Waals surface area contributed by atoms with Gasteiger partial charge in [0.05, 0.1) is 0 Å². The van der Waals surface area contributed by atoms with Crippen molar-refractivity contribution < 1.29 is 37.7 Å². The summed E-state index contributed by atoms with van der Waals surface area (Å²) in [5, 5.41) is 15.7. The lowest BCUT2D eigenvalue weighted by Gasteiger charge is -2.04. The standard InChI is InChI=1S/C3H4BF3O5/c5-3(6,7)1-2(8)11-12-4(9)10/h9-10H,1H2. The van der Waals surface area contributed by atoms with E-state index in [9.17, 15) is 18.0 Å². The van der Waals surface area contributed by atoms with Crippen LogP contribution in [0, 0.1) is 0 Å². The number of hydrogen-bond donors (Lipinski definition) is 2. The van der Waals surface area contributed by atoms with Crippen LogP contribution >= 0.6 is 0 Å².